The highest BCUT2D eigenvalue weighted by atomic mass is 15.2. The van der Waals surface area contributed by atoms with E-state index in [1.54, 1.807) is 6.20 Å². The van der Waals surface area contributed by atoms with Crippen molar-refractivity contribution in [3.63, 3.8) is 0 Å². The van der Waals surface area contributed by atoms with Gasteiger partial charge >= 0.3 is 0 Å². The Bertz CT molecular complexity index is 458. The lowest BCUT2D eigenvalue weighted by Gasteiger charge is -2.33. The number of nitrogens with one attached hydrogen (secondary N) is 1. The standard InChI is InChI=1S/C16H24N4/c1-13(2)20(12-15-7-3-4-8-18-15)11-14-6-5-9-19-16(14)10-17/h5-6,9,13,15,18H,3-4,7-8,11-12H2,1-2H3. The zero-order valence-electron chi connectivity index (χ0n) is 12.5. The molecule has 0 amide bonds. The molecular weight excluding hydrogens is 248 g/mol. The third kappa shape index (κ3) is 4.03. The number of nitrogens with zero attached hydrogens (tertiary/aromatic N) is 3. The summed E-state index contributed by atoms with van der Waals surface area (Å²) in [6, 6.07) is 7.15. The molecule has 1 atom stereocenters. The summed E-state index contributed by atoms with van der Waals surface area (Å²) in [6.07, 6.45) is 5.55. The Balaban J connectivity index is 2.03. The van der Waals surface area contributed by atoms with E-state index in [0.717, 1.165) is 25.2 Å². The van der Waals surface area contributed by atoms with Crippen LogP contribution in [0.25, 0.3) is 0 Å². The van der Waals surface area contributed by atoms with Gasteiger partial charge < -0.3 is 5.32 Å². The summed E-state index contributed by atoms with van der Waals surface area (Å²) in [5.41, 5.74) is 1.58. The molecule has 1 unspecified atom stereocenters. The lowest BCUT2D eigenvalue weighted by Crippen LogP contribution is -2.45. The molecule has 20 heavy (non-hydrogen) atoms. The van der Waals surface area contributed by atoms with Gasteiger partial charge in [0.15, 0.2) is 0 Å². The molecule has 4 heteroatoms. The van der Waals surface area contributed by atoms with Gasteiger partial charge in [0.05, 0.1) is 0 Å². The average Bonchev–Trinajstić information content (AvgIpc) is 2.48. The van der Waals surface area contributed by atoms with E-state index in [1.807, 2.05) is 12.1 Å². The summed E-state index contributed by atoms with van der Waals surface area (Å²) in [6.45, 7) is 7.40. The Labute approximate surface area is 121 Å². The van der Waals surface area contributed by atoms with Crippen molar-refractivity contribution in [1.82, 2.24) is 15.2 Å². The second-order valence-electron chi connectivity index (χ2n) is 5.79. The van der Waals surface area contributed by atoms with Crippen LogP contribution in [0.5, 0.6) is 0 Å². The first kappa shape index (κ1) is 15.0. The molecule has 1 saturated heterocycles. The molecule has 108 valence electrons. The van der Waals surface area contributed by atoms with Gasteiger partial charge in [-0.1, -0.05) is 12.5 Å². The van der Waals surface area contributed by atoms with Gasteiger partial charge in [-0.2, -0.15) is 5.26 Å². The zero-order valence-corrected chi connectivity index (χ0v) is 12.5. The number of aromatic nitrogens is 1. The average molecular weight is 272 g/mol. The van der Waals surface area contributed by atoms with Crippen LogP contribution < -0.4 is 5.32 Å². The summed E-state index contributed by atoms with van der Waals surface area (Å²) in [5.74, 6) is 0. The van der Waals surface area contributed by atoms with Crippen molar-refractivity contribution in [2.75, 3.05) is 13.1 Å². The molecule has 1 aromatic rings. The topological polar surface area (TPSA) is 52.0 Å². The Morgan fingerprint density at radius 1 is 1.50 bits per heavy atom. The van der Waals surface area contributed by atoms with E-state index in [4.69, 9.17) is 5.26 Å². The second-order valence-corrected chi connectivity index (χ2v) is 5.79. The molecule has 0 radical (unpaired) electrons. The van der Waals surface area contributed by atoms with Crippen molar-refractivity contribution in [3.05, 3.63) is 29.6 Å². The molecular formula is C16H24N4. The van der Waals surface area contributed by atoms with E-state index in [1.165, 1.54) is 19.3 Å². The lowest BCUT2D eigenvalue weighted by atomic mass is 10.0. The van der Waals surface area contributed by atoms with Gasteiger partial charge in [-0.25, -0.2) is 4.98 Å². The van der Waals surface area contributed by atoms with Crippen LogP contribution in [0.2, 0.25) is 0 Å². The lowest BCUT2D eigenvalue weighted by molar-refractivity contribution is 0.177. The van der Waals surface area contributed by atoms with Crippen molar-refractivity contribution < 1.29 is 0 Å². The summed E-state index contributed by atoms with van der Waals surface area (Å²) >= 11 is 0. The van der Waals surface area contributed by atoms with Crippen LogP contribution in [0.4, 0.5) is 0 Å². The molecule has 0 aromatic carbocycles. The molecule has 1 fully saturated rings. The van der Waals surface area contributed by atoms with Crippen LogP contribution in [0.3, 0.4) is 0 Å². The number of pyridine rings is 1. The number of piperidine rings is 1. The highest BCUT2D eigenvalue weighted by Crippen LogP contribution is 2.14. The molecule has 1 aromatic heterocycles. The van der Waals surface area contributed by atoms with Crippen molar-refractivity contribution in [2.24, 2.45) is 0 Å². The normalized spacial score (nSPS) is 19.2. The van der Waals surface area contributed by atoms with Crippen LogP contribution in [0.15, 0.2) is 18.3 Å². The number of rotatable bonds is 5. The summed E-state index contributed by atoms with van der Waals surface area (Å²) < 4.78 is 0. The van der Waals surface area contributed by atoms with Crippen molar-refractivity contribution >= 4 is 0 Å². The summed E-state index contributed by atoms with van der Waals surface area (Å²) in [4.78, 5) is 6.58. The summed E-state index contributed by atoms with van der Waals surface area (Å²) in [7, 11) is 0. The Morgan fingerprint density at radius 3 is 3.00 bits per heavy atom. The maximum Gasteiger partial charge on any atom is 0.144 e. The van der Waals surface area contributed by atoms with Gasteiger partial charge in [0.25, 0.3) is 0 Å². The SMILES string of the molecule is CC(C)N(Cc1cccnc1C#N)CC1CCCCN1. The van der Waals surface area contributed by atoms with Gasteiger partial charge in [-0.05, 0) is 39.3 Å². The largest absolute Gasteiger partial charge is 0.313 e. The molecule has 0 spiro atoms. The minimum absolute atomic E-state index is 0.463. The van der Waals surface area contributed by atoms with Gasteiger partial charge in [-0.3, -0.25) is 4.90 Å². The van der Waals surface area contributed by atoms with E-state index < -0.39 is 0 Å². The summed E-state index contributed by atoms with van der Waals surface area (Å²) in [5, 5.41) is 12.7. The third-order valence-corrected chi connectivity index (χ3v) is 3.97. The molecule has 0 bridgehead atoms. The first-order valence-corrected chi connectivity index (χ1v) is 7.52. The molecule has 1 N–H and O–H groups in total. The zero-order chi connectivity index (χ0) is 14.4. The molecule has 4 nitrogen and oxygen atoms in total. The first-order chi connectivity index (χ1) is 9.70. The van der Waals surface area contributed by atoms with Crippen molar-refractivity contribution in [2.45, 2.75) is 51.7 Å². The molecule has 0 aliphatic carbocycles. The minimum atomic E-state index is 0.463. The predicted molar refractivity (Wildman–Crippen MR) is 80.1 cm³/mol. The molecule has 0 saturated carbocycles. The fourth-order valence-electron chi connectivity index (χ4n) is 2.71. The van der Waals surface area contributed by atoms with E-state index in [0.29, 0.717) is 17.8 Å². The molecule has 1 aliphatic heterocycles. The molecule has 2 heterocycles. The van der Waals surface area contributed by atoms with Crippen LogP contribution >= 0.6 is 0 Å². The fourth-order valence-corrected chi connectivity index (χ4v) is 2.71. The van der Waals surface area contributed by atoms with Gasteiger partial charge in [-0.15, -0.1) is 0 Å². The first-order valence-electron chi connectivity index (χ1n) is 7.52. The van der Waals surface area contributed by atoms with Crippen LogP contribution in [0, 0.1) is 11.3 Å². The van der Waals surface area contributed by atoms with E-state index >= 15 is 0 Å². The second kappa shape index (κ2) is 7.37. The monoisotopic (exact) mass is 272 g/mol. The number of hydrogen-bond donors (Lipinski definition) is 1. The maximum absolute atomic E-state index is 9.15. The van der Waals surface area contributed by atoms with Gasteiger partial charge in [0, 0.05) is 36.9 Å². The molecule has 1 aliphatic rings. The fraction of sp³-hybridized carbons (Fsp3) is 0.625. The smallest absolute Gasteiger partial charge is 0.144 e. The van der Waals surface area contributed by atoms with Crippen LogP contribution in [-0.2, 0) is 6.54 Å². The van der Waals surface area contributed by atoms with E-state index in [-0.39, 0.29) is 0 Å². The maximum atomic E-state index is 9.15. The third-order valence-electron chi connectivity index (χ3n) is 3.97. The molecule has 2 rings (SSSR count). The Hall–Kier alpha value is -1.44. The Morgan fingerprint density at radius 2 is 2.35 bits per heavy atom. The van der Waals surface area contributed by atoms with Crippen molar-refractivity contribution in [1.29, 1.82) is 5.26 Å². The van der Waals surface area contributed by atoms with E-state index in [2.05, 4.69) is 35.1 Å². The van der Waals surface area contributed by atoms with Gasteiger partial charge in [0.2, 0.25) is 0 Å². The van der Waals surface area contributed by atoms with Gasteiger partial charge in [0.1, 0.15) is 11.8 Å². The van der Waals surface area contributed by atoms with E-state index in [9.17, 15) is 0 Å². The Kier molecular flexibility index (Phi) is 5.51. The minimum Gasteiger partial charge on any atom is -0.313 e. The van der Waals surface area contributed by atoms with Crippen molar-refractivity contribution in [3.8, 4) is 6.07 Å². The number of hydrogen-bond acceptors (Lipinski definition) is 4. The highest BCUT2D eigenvalue weighted by Gasteiger charge is 2.19. The number of nitriles is 1. The predicted octanol–water partition coefficient (Wildman–Crippen LogP) is 2.31. The highest BCUT2D eigenvalue weighted by molar-refractivity contribution is 5.30. The van der Waals surface area contributed by atoms with Crippen LogP contribution in [-0.4, -0.2) is 35.1 Å². The quantitative estimate of drug-likeness (QED) is 0.893. The van der Waals surface area contributed by atoms with Crippen LogP contribution in [0.1, 0.15) is 44.4 Å².